The van der Waals surface area contributed by atoms with Gasteiger partial charge < -0.3 is 9.47 Å². The van der Waals surface area contributed by atoms with E-state index < -0.39 is 35.0 Å². The van der Waals surface area contributed by atoms with Crippen molar-refractivity contribution in [3.05, 3.63) is 46.9 Å². The first-order valence-electron chi connectivity index (χ1n) is 14.6. The predicted octanol–water partition coefficient (Wildman–Crippen LogP) is 9.30. The Balaban J connectivity index is 1.41. The second kappa shape index (κ2) is 13.4. The van der Waals surface area contributed by atoms with Gasteiger partial charge >= 0.3 is 0 Å². The lowest BCUT2D eigenvalue weighted by Crippen LogP contribution is -2.33. The third kappa shape index (κ3) is 7.11. The molecule has 2 heterocycles. The Morgan fingerprint density at radius 3 is 2.36 bits per heavy atom. The molecule has 1 aliphatic heterocycles. The highest BCUT2D eigenvalue weighted by Crippen LogP contribution is 2.48. The normalized spacial score (nSPS) is 21.6. The quantitative estimate of drug-likeness (QED) is 0.0954. The molecule has 1 fully saturated rings. The number of benzene rings is 1. The van der Waals surface area contributed by atoms with E-state index in [-0.39, 0.29) is 54.2 Å². The van der Waals surface area contributed by atoms with Gasteiger partial charge in [0.25, 0.3) is 5.92 Å². The molecule has 0 N–H and O–H groups in total. The van der Waals surface area contributed by atoms with E-state index in [0.717, 1.165) is 51.4 Å². The molecule has 2 aromatic rings. The van der Waals surface area contributed by atoms with Gasteiger partial charge in [0.15, 0.2) is 11.6 Å². The Labute approximate surface area is 228 Å². The molecule has 0 spiro atoms. The first-order chi connectivity index (χ1) is 18.8. The molecule has 1 saturated heterocycles. The number of hydrogen-bond acceptors (Lipinski definition) is 3. The van der Waals surface area contributed by atoms with Gasteiger partial charge in [0.2, 0.25) is 11.8 Å². The average molecular weight is 554 g/mol. The predicted molar refractivity (Wildman–Crippen MR) is 142 cm³/mol. The van der Waals surface area contributed by atoms with Crippen molar-refractivity contribution in [1.82, 2.24) is 4.98 Å². The van der Waals surface area contributed by atoms with E-state index in [0.29, 0.717) is 12.8 Å². The monoisotopic (exact) mass is 553 g/mol. The van der Waals surface area contributed by atoms with E-state index in [9.17, 15) is 8.78 Å². The summed E-state index contributed by atoms with van der Waals surface area (Å²) in [6.45, 7) is 4.33. The standard InChI is InChI=1S/C31H40F5NO2/c1-3-5-7-8-9-10-11-12-21-15-14-20-18-23(37-30(34)27(20)31(21,35)36)22-16-17-25(29(33)28(22)32)38-19-26-24(39-26)13-6-4-2/h16-18,21,24,26H,3-15,19H2,1-2H3. The SMILES string of the molecule is CCCCCCCCCC1CCc2cc(-c3ccc(OCC4OC4CCCC)c(F)c3F)nc(F)c2C1(F)F. The van der Waals surface area contributed by atoms with E-state index in [2.05, 4.69) is 18.8 Å². The van der Waals surface area contributed by atoms with Crippen LogP contribution in [0.15, 0.2) is 18.2 Å². The summed E-state index contributed by atoms with van der Waals surface area (Å²) >= 11 is 0. The fourth-order valence-electron chi connectivity index (χ4n) is 5.64. The minimum Gasteiger partial charge on any atom is -0.488 e. The number of hydrogen-bond donors (Lipinski definition) is 0. The zero-order valence-corrected chi connectivity index (χ0v) is 23.0. The second-order valence-electron chi connectivity index (χ2n) is 11.0. The number of aryl methyl sites for hydroxylation is 1. The topological polar surface area (TPSA) is 34.6 Å². The van der Waals surface area contributed by atoms with Gasteiger partial charge in [-0.05, 0) is 49.4 Å². The third-order valence-electron chi connectivity index (χ3n) is 8.08. The summed E-state index contributed by atoms with van der Waals surface area (Å²) in [6.07, 6.45) is 10.9. The summed E-state index contributed by atoms with van der Waals surface area (Å²) in [6, 6.07) is 3.77. The van der Waals surface area contributed by atoms with Gasteiger partial charge in [-0.1, -0.05) is 71.6 Å². The number of rotatable bonds is 15. The molecule has 3 atom stereocenters. The molecule has 1 aliphatic carbocycles. The van der Waals surface area contributed by atoms with Crippen molar-refractivity contribution < 1.29 is 31.4 Å². The average Bonchev–Trinajstić information content (AvgIpc) is 3.66. The smallest absolute Gasteiger partial charge is 0.280 e. The molecular weight excluding hydrogens is 513 g/mol. The number of aromatic nitrogens is 1. The summed E-state index contributed by atoms with van der Waals surface area (Å²) in [5.41, 5.74) is -1.10. The fourth-order valence-corrected chi connectivity index (χ4v) is 5.64. The highest BCUT2D eigenvalue weighted by atomic mass is 19.3. The van der Waals surface area contributed by atoms with Crippen LogP contribution in [0.25, 0.3) is 11.3 Å². The molecule has 8 heteroatoms. The van der Waals surface area contributed by atoms with Gasteiger partial charge in [-0.3, -0.25) is 0 Å². The van der Waals surface area contributed by atoms with Crippen LogP contribution in [0.2, 0.25) is 0 Å². The van der Waals surface area contributed by atoms with E-state index >= 15 is 13.2 Å². The summed E-state index contributed by atoms with van der Waals surface area (Å²) in [4.78, 5) is 3.67. The van der Waals surface area contributed by atoms with Gasteiger partial charge in [0, 0.05) is 11.5 Å². The molecule has 1 aromatic heterocycles. The van der Waals surface area contributed by atoms with Crippen LogP contribution >= 0.6 is 0 Å². The van der Waals surface area contributed by atoms with Gasteiger partial charge in [-0.25, -0.2) is 18.2 Å². The molecule has 3 unspecified atom stereocenters. The highest BCUT2D eigenvalue weighted by molar-refractivity contribution is 5.63. The molecule has 0 bridgehead atoms. The lowest BCUT2D eigenvalue weighted by molar-refractivity contribution is -0.0824. The minimum atomic E-state index is -3.35. The van der Waals surface area contributed by atoms with Crippen LogP contribution in [0.4, 0.5) is 22.0 Å². The maximum atomic E-state index is 15.3. The zero-order valence-electron chi connectivity index (χ0n) is 23.0. The third-order valence-corrected chi connectivity index (χ3v) is 8.08. The Bertz CT molecular complexity index is 1110. The summed E-state index contributed by atoms with van der Waals surface area (Å²) in [7, 11) is 0. The maximum absolute atomic E-state index is 15.3. The van der Waals surface area contributed by atoms with Crippen LogP contribution < -0.4 is 4.74 Å². The number of unbranched alkanes of at least 4 members (excludes halogenated alkanes) is 7. The molecule has 1 aromatic carbocycles. The van der Waals surface area contributed by atoms with Crippen molar-refractivity contribution in [3.8, 4) is 17.0 Å². The van der Waals surface area contributed by atoms with Crippen molar-refractivity contribution >= 4 is 0 Å². The van der Waals surface area contributed by atoms with E-state index in [1.54, 1.807) is 0 Å². The van der Waals surface area contributed by atoms with Crippen LogP contribution in [-0.4, -0.2) is 23.8 Å². The van der Waals surface area contributed by atoms with Gasteiger partial charge in [0.05, 0.1) is 17.4 Å². The molecule has 2 aliphatic rings. The second-order valence-corrected chi connectivity index (χ2v) is 11.0. The van der Waals surface area contributed by atoms with Crippen LogP contribution in [0.1, 0.15) is 102 Å². The van der Waals surface area contributed by atoms with E-state index in [1.807, 2.05) is 0 Å². The van der Waals surface area contributed by atoms with Crippen molar-refractivity contribution in [2.45, 2.75) is 115 Å². The fraction of sp³-hybridized carbons (Fsp3) is 0.645. The van der Waals surface area contributed by atoms with E-state index in [4.69, 9.17) is 9.47 Å². The van der Waals surface area contributed by atoms with Crippen LogP contribution in [0.5, 0.6) is 5.75 Å². The molecular formula is C31H40F5NO2. The van der Waals surface area contributed by atoms with Gasteiger partial charge in [-0.15, -0.1) is 0 Å². The number of pyridine rings is 1. The first-order valence-corrected chi connectivity index (χ1v) is 14.6. The van der Waals surface area contributed by atoms with E-state index in [1.165, 1.54) is 24.6 Å². The number of ether oxygens (including phenoxy) is 2. The minimum absolute atomic E-state index is 0.0769. The summed E-state index contributed by atoms with van der Waals surface area (Å²) in [5, 5.41) is 0. The molecule has 3 nitrogen and oxygen atoms in total. The number of nitrogens with zero attached hydrogens (tertiary/aromatic N) is 1. The van der Waals surface area contributed by atoms with Gasteiger partial charge in [0.1, 0.15) is 12.7 Å². The Morgan fingerprint density at radius 1 is 0.897 bits per heavy atom. The molecule has 0 saturated carbocycles. The number of halogens is 5. The number of fused-ring (bicyclic) bond motifs is 1. The lowest BCUT2D eigenvalue weighted by Gasteiger charge is -2.33. The Morgan fingerprint density at radius 2 is 1.62 bits per heavy atom. The van der Waals surface area contributed by atoms with Gasteiger partial charge in [-0.2, -0.15) is 8.78 Å². The largest absolute Gasteiger partial charge is 0.488 e. The summed E-state index contributed by atoms with van der Waals surface area (Å²) < 4.78 is 86.4. The first kappa shape index (κ1) is 29.8. The Hall–Kier alpha value is -2.22. The van der Waals surface area contributed by atoms with Crippen molar-refractivity contribution in [2.24, 2.45) is 5.92 Å². The van der Waals surface area contributed by atoms with Crippen molar-refractivity contribution in [2.75, 3.05) is 6.61 Å². The lowest BCUT2D eigenvalue weighted by atomic mass is 9.78. The molecule has 0 radical (unpaired) electrons. The van der Waals surface area contributed by atoms with Crippen molar-refractivity contribution in [3.63, 3.8) is 0 Å². The number of epoxide rings is 1. The van der Waals surface area contributed by atoms with Crippen LogP contribution in [-0.2, 0) is 17.1 Å². The highest BCUT2D eigenvalue weighted by Gasteiger charge is 2.48. The molecule has 216 valence electrons. The molecule has 4 rings (SSSR count). The molecule has 39 heavy (non-hydrogen) atoms. The van der Waals surface area contributed by atoms with Crippen LogP contribution in [0, 0.1) is 23.5 Å². The number of alkyl halides is 2. The Kier molecular flexibility index (Phi) is 10.2. The summed E-state index contributed by atoms with van der Waals surface area (Å²) in [5.74, 6) is -8.38. The van der Waals surface area contributed by atoms with Crippen LogP contribution in [0.3, 0.4) is 0 Å². The van der Waals surface area contributed by atoms with Crippen molar-refractivity contribution in [1.29, 1.82) is 0 Å². The zero-order chi connectivity index (χ0) is 28.0. The maximum Gasteiger partial charge on any atom is 0.280 e. The molecule has 0 amide bonds.